The van der Waals surface area contributed by atoms with Crippen LogP contribution < -0.4 is 4.18 Å². The third-order valence-electron chi connectivity index (χ3n) is 0.998. The minimum atomic E-state index is -0.0474. The summed E-state index contributed by atoms with van der Waals surface area (Å²) in [5, 5.41) is -0.0474. The maximum absolute atomic E-state index is 10.5. The van der Waals surface area contributed by atoms with E-state index in [0.29, 0.717) is 5.75 Å². The van der Waals surface area contributed by atoms with Crippen LogP contribution in [0.2, 0.25) is 0 Å². The quantitative estimate of drug-likeness (QED) is 0.633. The maximum atomic E-state index is 10.5. The number of rotatable bonds is 2. The molecule has 0 fully saturated rings. The van der Waals surface area contributed by atoms with Crippen molar-refractivity contribution in [2.24, 2.45) is 0 Å². The lowest BCUT2D eigenvalue weighted by atomic mass is 10.3. The van der Waals surface area contributed by atoms with Crippen molar-refractivity contribution in [3.63, 3.8) is 0 Å². The van der Waals surface area contributed by atoms with Crippen molar-refractivity contribution in [3.8, 4) is 5.75 Å². The minimum absolute atomic E-state index is 0.0474. The zero-order valence-corrected chi connectivity index (χ0v) is 6.93. The second-order valence-electron chi connectivity index (χ2n) is 1.97. The molecule has 0 aromatic heterocycles. The van der Waals surface area contributed by atoms with Crippen molar-refractivity contribution in [3.05, 3.63) is 30.3 Å². The first kappa shape index (κ1) is 8.14. The van der Waals surface area contributed by atoms with Gasteiger partial charge in [0.15, 0.2) is 0 Å². The normalized spacial score (nSPS) is 9.18. The summed E-state index contributed by atoms with van der Waals surface area (Å²) in [6.07, 6.45) is 0. The van der Waals surface area contributed by atoms with Crippen LogP contribution in [-0.4, -0.2) is 5.12 Å². The van der Waals surface area contributed by atoms with Crippen LogP contribution >= 0.6 is 12.0 Å². The number of hydrogen-bond donors (Lipinski definition) is 0. The summed E-state index contributed by atoms with van der Waals surface area (Å²) in [6, 6.07) is 9.21. The van der Waals surface area contributed by atoms with Crippen LogP contribution in [0.4, 0.5) is 0 Å². The zero-order chi connectivity index (χ0) is 8.10. The standard InChI is InChI=1S/C8H8O2S/c1-7(9)11-10-8-5-3-2-4-6-8/h2-6H,1H3. The lowest BCUT2D eigenvalue weighted by molar-refractivity contribution is -0.109. The summed E-state index contributed by atoms with van der Waals surface area (Å²) in [5.41, 5.74) is 0. The Balaban J connectivity index is 2.45. The van der Waals surface area contributed by atoms with Gasteiger partial charge in [0.2, 0.25) is 5.12 Å². The molecule has 0 amide bonds. The van der Waals surface area contributed by atoms with Crippen LogP contribution in [-0.2, 0) is 4.79 Å². The molecule has 0 aliphatic carbocycles. The highest BCUT2D eigenvalue weighted by atomic mass is 32.2. The summed E-state index contributed by atoms with van der Waals surface area (Å²) < 4.78 is 5.03. The maximum Gasteiger partial charge on any atom is 0.224 e. The third kappa shape index (κ3) is 3.09. The van der Waals surface area contributed by atoms with E-state index in [4.69, 9.17) is 4.18 Å². The molecular weight excluding hydrogens is 160 g/mol. The molecule has 3 heteroatoms. The van der Waals surface area contributed by atoms with Gasteiger partial charge in [-0.1, -0.05) is 18.2 Å². The number of carbonyl (C=O) groups excluding carboxylic acids is 1. The largest absolute Gasteiger partial charge is 0.418 e. The van der Waals surface area contributed by atoms with Crippen LogP contribution in [0.5, 0.6) is 5.75 Å². The Morgan fingerprint density at radius 1 is 1.36 bits per heavy atom. The van der Waals surface area contributed by atoms with E-state index in [2.05, 4.69) is 0 Å². The van der Waals surface area contributed by atoms with E-state index < -0.39 is 0 Å². The second kappa shape index (κ2) is 4.03. The molecule has 58 valence electrons. The predicted molar refractivity (Wildman–Crippen MR) is 45.3 cm³/mol. The first-order chi connectivity index (χ1) is 5.29. The summed E-state index contributed by atoms with van der Waals surface area (Å²) in [7, 11) is 0. The molecule has 0 unspecified atom stereocenters. The third-order valence-corrected chi connectivity index (χ3v) is 1.51. The van der Waals surface area contributed by atoms with Gasteiger partial charge in [-0.05, 0) is 12.1 Å². The molecule has 1 aromatic carbocycles. The Labute approximate surface area is 69.8 Å². The molecule has 0 N–H and O–H groups in total. The van der Waals surface area contributed by atoms with Crippen LogP contribution in [0, 0.1) is 0 Å². The Morgan fingerprint density at radius 3 is 2.55 bits per heavy atom. The van der Waals surface area contributed by atoms with E-state index in [1.165, 1.54) is 6.92 Å². The highest BCUT2D eigenvalue weighted by Gasteiger charge is 1.95. The van der Waals surface area contributed by atoms with Gasteiger partial charge in [0.1, 0.15) is 17.8 Å². The Morgan fingerprint density at radius 2 is 2.00 bits per heavy atom. The molecule has 0 aliphatic rings. The molecule has 0 radical (unpaired) electrons. The molecule has 0 spiro atoms. The lowest BCUT2D eigenvalue weighted by Crippen LogP contribution is -1.86. The summed E-state index contributed by atoms with van der Waals surface area (Å²) in [6.45, 7) is 1.47. The fourth-order valence-electron chi connectivity index (χ4n) is 0.583. The number of benzene rings is 1. The van der Waals surface area contributed by atoms with Crippen LogP contribution in [0.15, 0.2) is 30.3 Å². The molecular formula is C8H8O2S. The van der Waals surface area contributed by atoms with Crippen molar-refractivity contribution >= 4 is 17.2 Å². The van der Waals surface area contributed by atoms with E-state index in [-0.39, 0.29) is 5.12 Å². The lowest BCUT2D eigenvalue weighted by Gasteiger charge is -1.98. The van der Waals surface area contributed by atoms with E-state index >= 15 is 0 Å². The van der Waals surface area contributed by atoms with E-state index in [1.807, 2.05) is 18.2 Å². The van der Waals surface area contributed by atoms with Gasteiger partial charge in [0, 0.05) is 6.92 Å². The number of hydrogen-bond acceptors (Lipinski definition) is 3. The number of para-hydroxylation sites is 1. The average Bonchev–Trinajstić information content (AvgIpc) is 2.03. The second-order valence-corrected chi connectivity index (χ2v) is 2.88. The van der Waals surface area contributed by atoms with Gasteiger partial charge in [-0.25, -0.2) is 0 Å². The van der Waals surface area contributed by atoms with Gasteiger partial charge in [0.25, 0.3) is 0 Å². The molecule has 1 aromatic rings. The van der Waals surface area contributed by atoms with Crippen molar-refractivity contribution in [2.45, 2.75) is 6.92 Å². The van der Waals surface area contributed by atoms with Gasteiger partial charge in [-0.2, -0.15) is 0 Å². The topological polar surface area (TPSA) is 26.3 Å². The van der Waals surface area contributed by atoms with Crippen molar-refractivity contribution in [1.82, 2.24) is 0 Å². The van der Waals surface area contributed by atoms with Crippen LogP contribution in [0.1, 0.15) is 6.92 Å². The smallest absolute Gasteiger partial charge is 0.224 e. The minimum Gasteiger partial charge on any atom is -0.418 e. The van der Waals surface area contributed by atoms with Gasteiger partial charge < -0.3 is 4.18 Å². The van der Waals surface area contributed by atoms with Gasteiger partial charge in [-0.15, -0.1) is 0 Å². The van der Waals surface area contributed by atoms with Crippen molar-refractivity contribution < 1.29 is 8.98 Å². The van der Waals surface area contributed by atoms with Gasteiger partial charge in [0.05, 0.1) is 0 Å². The fraction of sp³-hybridized carbons (Fsp3) is 0.125. The highest BCUT2D eigenvalue weighted by Crippen LogP contribution is 2.14. The van der Waals surface area contributed by atoms with Crippen LogP contribution in [0.25, 0.3) is 0 Å². The first-order valence-electron chi connectivity index (χ1n) is 3.19. The first-order valence-corrected chi connectivity index (χ1v) is 3.93. The van der Waals surface area contributed by atoms with Crippen LogP contribution in [0.3, 0.4) is 0 Å². The Bertz CT molecular complexity index is 233. The van der Waals surface area contributed by atoms with Gasteiger partial charge in [-0.3, -0.25) is 4.79 Å². The predicted octanol–water partition coefficient (Wildman–Crippen LogP) is 2.26. The Kier molecular flexibility index (Phi) is 2.98. The summed E-state index contributed by atoms with van der Waals surface area (Å²) in [4.78, 5) is 10.5. The zero-order valence-electron chi connectivity index (χ0n) is 6.11. The molecule has 1 rings (SSSR count). The fourth-order valence-corrected chi connectivity index (χ4v) is 0.908. The number of carbonyl (C=O) groups is 1. The van der Waals surface area contributed by atoms with E-state index in [0.717, 1.165) is 12.0 Å². The molecule has 0 heterocycles. The van der Waals surface area contributed by atoms with Crippen molar-refractivity contribution in [1.29, 1.82) is 0 Å². The SMILES string of the molecule is CC(=O)SOc1ccccc1. The molecule has 0 atom stereocenters. The van der Waals surface area contributed by atoms with E-state index in [1.54, 1.807) is 12.1 Å². The monoisotopic (exact) mass is 168 g/mol. The Hall–Kier alpha value is -0.960. The molecule has 2 nitrogen and oxygen atoms in total. The summed E-state index contributed by atoms with van der Waals surface area (Å²) >= 11 is 0.845. The molecule has 0 bridgehead atoms. The van der Waals surface area contributed by atoms with Crippen molar-refractivity contribution in [2.75, 3.05) is 0 Å². The molecule has 0 aliphatic heterocycles. The summed E-state index contributed by atoms with van der Waals surface area (Å²) in [5.74, 6) is 0.702. The molecule has 11 heavy (non-hydrogen) atoms. The highest BCUT2D eigenvalue weighted by molar-refractivity contribution is 8.09. The van der Waals surface area contributed by atoms with Gasteiger partial charge >= 0.3 is 0 Å². The molecule has 0 saturated heterocycles. The van der Waals surface area contributed by atoms with E-state index in [9.17, 15) is 4.79 Å². The average molecular weight is 168 g/mol. The molecule has 0 saturated carbocycles.